The van der Waals surface area contributed by atoms with Gasteiger partial charge in [-0.15, -0.1) is 0 Å². The summed E-state index contributed by atoms with van der Waals surface area (Å²) in [5.41, 5.74) is 0. The predicted octanol–water partition coefficient (Wildman–Crippen LogP) is 0.0613. The van der Waals surface area contributed by atoms with E-state index in [-0.39, 0.29) is 5.82 Å². The Hall–Kier alpha value is -1.69. The van der Waals surface area contributed by atoms with E-state index in [0.717, 1.165) is 25.3 Å². The van der Waals surface area contributed by atoms with Gasteiger partial charge in [0.05, 0.1) is 7.11 Å². The van der Waals surface area contributed by atoms with Crippen LogP contribution in [0.5, 0.6) is 0 Å². The molecule has 6 nitrogen and oxygen atoms in total. The Morgan fingerprint density at radius 2 is 2.47 bits per heavy atom. The van der Waals surface area contributed by atoms with Gasteiger partial charge in [-0.3, -0.25) is 0 Å². The molecule has 92 valence electrons. The van der Waals surface area contributed by atoms with Gasteiger partial charge in [0.2, 0.25) is 5.82 Å². The molecule has 1 saturated heterocycles. The summed E-state index contributed by atoms with van der Waals surface area (Å²) in [5, 5.41) is 3.29. The molecule has 0 amide bonds. The quantitative estimate of drug-likeness (QED) is 0.749. The van der Waals surface area contributed by atoms with Crippen LogP contribution in [0.3, 0.4) is 0 Å². The van der Waals surface area contributed by atoms with Gasteiger partial charge in [-0.1, -0.05) is 0 Å². The molecule has 0 aliphatic carbocycles. The van der Waals surface area contributed by atoms with Crippen molar-refractivity contribution in [1.82, 2.24) is 15.3 Å². The van der Waals surface area contributed by atoms with E-state index >= 15 is 0 Å². The summed E-state index contributed by atoms with van der Waals surface area (Å²) in [6.45, 7) is 1.96. The maximum Gasteiger partial charge on any atom is 0.376 e. The minimum Gasteiger partial charge on any atom is -0.463 e. The Balaban J connectivity index is 2.17. The number of nitrogens with zero attached hydrogens (tertiary/aromatic N) is 3. The van der Waals surface area contributed by atoms with Gasteiger partial charge in [0, 0.05) is 25.8 Å². The summed E-state index contributed by atoms with van der Waals surface area (Å²) in [6, 6.07) is 2.21. The molecule has 17 heavy (non-hydrogen) atoms. The fraction of sp³-hybridized carbons (Fsp3) is 0.545. The van der Waals surface area contributed by atoms with Crippen LogP contribution in [-0.4, -0.2) is 49.2 Å². The fourth-order valence-electron chi connectivity index (χ4n) is 1.89. The minimum atomic E-state index is -0.509. The summed E-state index contributed by atoms with van der Waals surface area (Å²) < 4.78 is 4.60. The number of esters is 1. The Morgan fingerprint density at radius 3 is 3.12 bits per heavy atom. The Bertz CT molecular complexity index is 404. The van der Waals surface area contributed by atoms with Crippen LogP contribution in [0.1, 0.15) is 17.0 Å². The predicted molar refractivity (Wildman–Crippen MR) is 63.0 cm³/mol. The number of aromatic nitrogens is 2. The standard InChI is InChI=1S/C11H16N4O2/c1-15(8-3-5-12-7-8)9-4-6-13-10(14-9)11(16)17-2/h4,6,8,12H,3,5,7H2,1-2H3. The maximum absolute atomic E-state index is 11.3. The average molecular weight is 236 g/mol. The van der Waals surface area contributed by atoms with Gasteiger partial charge in [0.15, 0.2) is 0 Å². The highest BCUT2D eigenvalue weighted by molar-refractivity contribution is 5.85. The van der Waals surface area contributed by atoms with E-state index in [4.69, 9.17) is 0 Å². The lowest BCUT2D eigenvalue weighted by atomic mass is 10.2. The van der Waals surface area contributed by atoms with E-state index in [1.807, 2.05) is 7.05 Å². The number of hydrogen-bond donors (Lipinski definition) is 1. The minimum absolute atomic E-state index is 0.0998. The van der Waals surface area contributed by atoms with Crippen LogP contribution in [0.25, 0.3) is 0 Å². The molecule has 0 saturated carbocycles. The third-order valence-corrected chi connectivity index (χ3v) is 2.95. The summed E-state index contributed by atoms with van der Waals surface area (Å²) in [6.07, 6.45) is 2.65. The van der Waals surface area contributed by atoms with E-state index < -0.39 is 5.97 Å². The van der Waals surface area contributed by atoms with Crippen LogP contribution in [0, 0.1) is 0 Å². The Labute approximate surface area is 100 Å². The van der Waals surface area contributed by atoms with Gasteiger partial charge in [-0.2, -0.15) is 0 Å². The summed E-state index contributed by atoms with van der Waals surface area (Å²) in [5.74, 6) is 0.335. The summed E-state index contributed by atoms with van der Waals surface area (Å²) in [7, 11) is 3.30. The lowest BCUT2D eigenvalue weighted by Crippen LogP contribution is -2.34. The zero-order valence-corrected chi connectivity index (χ0v) is 10.0. The van der Waals surface area contributed by atoms with Crippen molar-refractivity contribution < 1.29 is 9.53 Å². The molecule has 2 heterocycles. The molecule has 1 N–H and O–H groups in total. The van der Waals surface area contributed by atoms with Crippen molar-refractivity contribution in [1.29, 1.82) is 0 Å². The molecule has 1 fully saturated rings. The lowest BCUT2D eigenvalue weighted by molar-refractivity contribution is 0.0587. The molecule has 2 rings (SSSR count). The second kappa shape index (κ2) is 5.09. The topological polar surface area (TPSA) is 67.3 Å². The number of ether oxygens (including phenoxy) is 1. The smallest absolute Gasteiger partial charge is 0.376 e. The zero-order valence-electron chi connectivity index (χ0n) is 10.0. The van der Waals surface area contributed by atoms with Crippen molar-refractivity contribution in [3.8, 4) is 0 Å². The third-order valence-electron chi connectivity index (χ3n) is 2.95. The van der Waals surface area contributed by atoms with Crippen LogP contribution in [0.2, 0.25) is 0 Å². The van der Waals surface area contributed by atoms with Crippen LogP contribution in [0.15, 0.2) is 12.3 Å². The van der Waals surface area contributed by atoms with Gasteiger partial charge in [-0.25, -0.2) is 14.8 Å². The van der Waals surface area contributed by atoms with Crippen molar-refractivity contribution in [3.63, 3.8) is 0 Å². The first kappa shape index (κ1) is 11.8. The van der Waals surface area contributed by atoms with Crippen LogP contribution < -0.4 is 10.2 Å². The molecule has 1 aromatic rings. The molecule has 1 aromatic heterocycles. The van der Waals surface area contributed by atoms with E-state index in [1.54, 1.807) is 12.3 Å². The largest absolute Gasteiger partial charge is 0.463 e. The van der Waals surface area contributed by atoms with E-state index in [2.05, 4.69) is 24.9 Å². The van der Waals surface area contributed by atoms with Crippen LogP contribution in [0.4, 0.5) is 5.82 Å². The number of carbonyl (C=O) groups is 1. The number of carbonyl (C=O) groups excluding carboxylic acids is 1. The number of hydrogen-bond acceptors (Lipinski definition) is 6. The van der Waals surface area contributed by atoms with Crippen molar-refractivity contribution in [2.75, 3.05) is 32.1 Å². The number of nitrogens with one attached hydrogen (secondary N) is 1. The Kier molecular flexibility index (Phi) is 3.53. The molecule has 1 aliphatic heterocycles. The molecule has 0 bridgehead atoms. The van der Waals surface area contributed by atoms with Crippen molar-refractivity contribution in [2.24, 2.45) is 0 Å². The number of methoxy groups -OCH3 is 1. The van der Waals surface area contributed by atoms with Crippen molar-refractivity contribution in [2.45, 2.75) is 12.5 Å². The number of rotatable bonds is 3. The SMILES string of the molecule is COC(=O)c1nccc(N(C)C2CCNC2)n1. The third kappa shape index (κ3) is 2.52. The number of likely N-dealkylation sites (N-methyl/N-ethyl adjacent to an activating group) is 1. The molecule has 1 unspecified atom stereocenters. The highest BCUT2D eigenvalue weighted by Crippen LogP contribution is 2.15. The molecule has 1 aliphatic rings. The fourth-order valence-corrected chi connectivity index (χ4v) is 1.89. The number of anilines is 1. The molecule has 0 aromatic carbocycles. The Morgan fingerprint density at radius 1 is 1.65 bits per heavy atom. The maximum atomic E-state index is 11.3. The van der Waals surface area contributed by atoms with Gasteiger partial charge in [0.25, 0.3) is 0 Å². The highest BCUT2D eigenvalue weighted by Gasteiger charge is 2.21. The molecular weight excluding hydrogens is 220 g/mol. The highest BCUT2D eigenvalue weighted by atomic mass is 16.5. The van der Waals surface area contributed by atoms with E-state index in [0.29, 0.717) is 6.04 Å². The molecule has 0 radical (unpaired) electrons. The normalized spacial score (nSPS) is 19.1. The van der Waals surface area contributed by atoms with Gasteiger partial charge in [0.1, 0.15) is 5.82 Å². The van der Waals surface area contributed by atoms with Gasteiger partial charge < -0.3 is 15.0 Å². The molecular formula is C11H16N4O2. The van der Waals surface area contributed by atoms with Crippen molar-refractivity contribution >= 4 is 11.8 Å². The monoisotopic (exact) mass is 236 g/mol. The van der Waals surface area contributed by atoms with Gasteiger partial charge in [-0.05, 0) is 19.0 Å². The van der Waals surface area contributed by atoms with E-state index in [9.17, 15) is 4.79 Å². The lowest BCUT2D eigenvalue weighted by Gasteiger charge is -2.24. The van der Waals surface area contributed by atoms with Crippen molar-refractivity contribution in [3.05, 3.63) is 18.1 Å². The first-order valence-electron chi connectivity index (χ1n) is 5.57. The first-order valence-corrected chi connectivity index (χ1v) is 5.57. The van der Waals surface area contributed by atoms with E-state index in [1.165, 1.54) is 7.11 Å². The molecule has 6 heteroatoms. The van der Waals surface area contributed by atoms with Crippen LogP contribution in [-0.2, 0) is 4.74 Å². The molecule has 0 spiro atoms. The molecule has 1 atom stereocenters. The summed E-state index contributed by atoms with van der Waals surface area (Å²) in [4.78, 5) is 21.5. The zero-order chi connectivity index (χ0) is 12.3. The summed E-state index contributed by atoms with van der Waals surface area (Å²) >= 11 is 0. The first-order chi connectivity index (χ1) is 8.22. The average Bonchev–Trinajstić information content (AvgIpc) is 2.91. The second-order valence-corrected chi connectivity index (χ2v) is 3.99. The second-order valence-electron chi connectivity index (χ2n) is 3.99. The van der Waals surface area contributed by atoms with Crippen LogP contribution >= 0.6 is 0 Å². The van der Waals surface area contributed by atoms with Gasteiger partial charge >= 0.3 is 5.97 Å².